The Hall–Kier alpha value is -2.84. The number of anilines is 1. The van der Waals surface area contributed by atoms with Gasteiger partial charge in [0.25, 0.3) is 0 Å². The lowest BCUT2D eigenvalue weighted by molar-refractivity contribution is -0.119. The van der Waals surface area contributed by atoms with Gasteiger partial charge in [0, 0.05) is 25.9 Å². The number of benzene rings is 1. The fourth-order valence-corrected chi connectivity index (χ4v) is 3.30. The molecule has 2 aliphatic rings. The van der Waals surface area contributed by atoms with Gasteiger partial charge in [-0.15, -0.1) is 0 Å². The molecule has 3 amide bonds. The monoisotopic (exact) mass is 365 g/mol. The first kappa shape index (κ1) is 18.0. The summed E-state index contributed by atoms with van der Waals surface area (Å²) >= 11 is 0. The van der Waals surface area contributed by atoms with E-state index in [2.05, 4.69) is 5.32 Å². The lowest BCUT2D eigenvalue weighted by atomic mass is 9.97. The highest BCUT2D eigenvalue weighted by Gasteiger charge is 2.34. The summed E-state index contributed by atoms with van der Waals surface area (Å²) < 4.78 is 19.7. The zero-order valence-corrected chi connectivity index (χ0v) is 14.3. The van der Waals surface area contributed by atoms with Gasteiger partial charge in [0.15, 0.2) is 0 Å². The Morgan fingerprint density at radius 2 is 2.15 bits per heavy atom. The molecule has 0 bridgehead atoms. The maximum Gasteiger partial charge on any atom is 0.414 e. The second-order valence-corrected chi connectivity index (χ2v) is 6.47. The fraction of sp³-hybridized carbons (Fsp3) is 0.471. The third kappa shape index (κ3) is 3.71. The number of carbonyl (C=O) groups is 3. The number of hydrogen-bond acceptors (Lipinski definition) is 4. The molecule has 0 spiro atoms. The maximum absolute atomic E-state index is 14.6. The molecule has 0 saturated carbocycles. The first-order valence-electron chi connectivity index (χ1n) is 8.35. The first-order chi connectivity index (χ1) is 12.3. The number of hydrogen-bond donors (Lipinski definition) is 2. The molecule has 26 heavy (non-hydrogen) atoms. The molecule has 2 aliphatic heterocycles. The van der Waals surface area contributed by atoms with Crippen LogP contribution in [0.25, 0.3) is 0 Å². The number of rotatable bonds is 4. The molecule has 140 valence electrons. The Bertz CT molecular complexity index is 741. The number of likely N-dealkylation sites (tertiary alicyclic amines) is 1. The van der Waals surface area contributed by atoms with Crippen LogP contribution >= 0.6 is 0 Å². The van der Waals surface area contributed by atoms with Crippen LogP contribution in [0.1, 0.15) is 24.8 Å². The van der Waals surface area contributed by atoms with E-state index in [4.69, 9.17) is 9.84 Å². The van der Waals surface area contributed by atoms with Crippen LogP contribution in [-0.2, 0) is 9.53 Å². The van der Waals surface area contributed by atoms with Gasteiger partial charge in [-0.05, 0) is 24.1 Å². The minimum atomic E-state index is -1.01. The van der Waals surface area contributed by atoms with Gasteiger partial charge in [-0.3, -0.25) is 9.69 Å². The second kappa shape index (κ2) is 7.19. The molecule has 9 heteroatoms. The van der Waals surface area contributed by atoms with Crippen LogP contribution in [0, 0.1) is 5.82 Å². The van der Waals surface area contributed by atoms with Crippen LogP contribution in [0.15, 0.2) is 18.2 Å². The SMILES string of the molecule is CC(=O)NC[C@H]1CN(c2ccc(C3CCN(C(=O)O)C3)c(F)c2)C(=O)O1. The summed E-state index contributed by atoms with van der Waals surface area (Å²) in [6.45, 7) is 2.43. The highest BCUT2D eigenvalue weighted by Crippen LogP contribution is 2.32. The molecule has 8 nitrogen and oxygen atoms in total. The second-order valence-electron chi connectivity index (χ2n) is 6.47. The Morgan fingerprint density at radius 3 is 2.77 bits per heavy atom. The van der Waals surface area contributed by atoms with Crippen molar-refractivity contribution in [1.29, 1.82) is 0 Å². The normalized spacial score (nSPS) is 22.5. The summed E-state index contributed by atoms with van der Waals surface area (Å²) in [7, 11) is 0. The molecular formula is C17H20FN3O5. The van der Waals surface area contributed by atoms with Crippen LogP contribution in [0.3, 0.4) is 0 Å². The number of cyclic esters (lactones) is 1. The Kier molecular flexibility index (Phi) is 4.97. The zero-order chi connectivity index (χ0) is 18.8. The number of amides is 3. The number of carbonyl (C=O) groups excluding carboxylic acids is 2. The van der Waals surface area contributed by atoms with Gasteiger partial charge in [-0.25, -0.2) is 14.0 Å². The molecule has 0 aromatic heterocycles. The van der Waals surface area contributed by atoms with Crippen molar-refractivity contribution >= 4 is 23.8 Å². The predicted molar refractivity (Wildman–Crippen MR) is 89.7 cm³/mol. The first-order valence-corrected chi connectivity index (χ1v) is 8.35. The van der Waals surface area contributed by atoms with Crippen LogP contribution in [0.5, 0.6) is 0 Å². The van der Waals surface area contributed by atoms with Crippen LogP contribution in [0.4, 0.5) is 19.7 Å². The minimum Gasteiger partial charge on any atom is -0.465 e. The van der Waals surface area contributed by atoms with Crippen LogP contribution < -0.4 is 10.2 Å². The topological polar surface area (TPSA) is 99.2 Å². The van der Waals surface area contributed by atoms with Gasteiger partial charge in [0.05, 0.1) is 18.8 Å². The Labute approximate surface area is 149 Å². The van der Waals surface area contributed by atoms with Crippen molar-refractivity contribution in [3.05, 3.63) is 29.6 Å². The van der Waals surface area contributed by atoms with Crippen molar-refractivity contribution in [3.63, 3.8) is 0 Å². The van der Waals surface area contributed by atoms with E-state index in [-0.39, 0.29) is 31.5 Å². The highest BCUT2D eigenvalue weighted by atomic mass is 19.1. The maximum atomic E-state index is 14.6. The third-order valence-corrected chi connectivity index (χ3v) is 4.65. The smallest absolute Gasteiger partial charge is 0.414 e. The molecule has 1 unspecified atom stereocenters. The molecule has 1 aromatic carbocycles. The van der Waals surface area contributed by atoms with Gasteiger partial charge in [-0.1, -0.05) is 6.07 Å². The summed E-state index contributed by atoms with van der Waals surface area (Å²) in [4.78, 5) is 36.5. The molecule has 2 saturated heterocycles. The van der Waals surface area contributed by atoms with Gasteiger partial charge < -0.3 is 20.1 Å². The van der Waals surface area contributed by atoms with E-state index in [1.165, 1.54) is 22.8 Å². The molecule has 2 fully saturated rings. The number of ether oxygens (including phenoxy) is 1. The van der Waals surface area contributed by atoms with Crippen molar-refractivity contribution in [2.24, 2.45) is 0 Å². The minimum absolute atomic E-state index is 0.196. The van der Waals surface area contributed by atoms with Crippen molar-refractivity contribution < 1.29 is 28.6 Å². The molecular weight excluding hydrogens is 345 g/mol. The van der Waals surface area contributed by atoms with Crippen LogP contribution in [-0.4, -0.2) is 60.4 Å². The summed E-state index contributed by atoms with van der Waals surface area (Å²) in [6, 6.07) is 4.49. The molecule has 0 radical (unpaired) electrons. The Balaban J connectivity index is 1.69. The number of carboxylic acid groups (broad SMARTS) is 1. The largest absolute Gasteiger partial charge is 0.465 e. The van der Waals surface area contributed by atoms with Gasteiger partial charge in [0.1, 0.15) is 11.9 Å². The average Bonchev–Trinajstić information content (AvgIpc) is 3.20. The van der Waals surface area contributed by atoms with E-state index in [1.807, 2.05) is 0 Å². The van der Waals surface area contributed by atoms with Gasteiger partial charge in [0.2, 0.25) is 5.91 Å². The number of nitrogens with one attached hydrogen (secondary N) is 1. The third-order valence-electron chi connectivity index (χ3n) is 4.65. The quantitative estimate of drug-likeness (QED) is 0.847. The van der Waals surface area contributed by atoms with E-state index in [9.17, 15) is 18.8 Å². The molecule has 2 heterocycles. The van der Waals surface area contributed by atoms with Crippen molar-refractivity contribution in [2.45, 2.75) is 25.4 Å². The van der Waals surface area contributed by atoms with E-state index in [1.54, 1.807) is 12.1 Å². The van der Waals surface area contributed by atoms with E-state index in [0.29, 0.717) is 24.2 Å². The summed E-state index contributed by atoms with van der Waals surface area (Å²) in [6.07, 6.45) is -1.53. The molecule has 3 rings (SSSR count). The summed E-state index contributed by atoms with van der Waals surface area (Å²) in [5.41, 5.74) is 0.814. The molecule has 1 aromatic rings. The van der Waals surface area contributed by atoms with Gasteiger partial charge in [-0.2, -0.15) is 0 Å². The highest BCUT2D eigenvalue weighted by molar-refractivity contribution is 5.89. The lowest BCUT2D eigenvalue weighted by Crippen LogP contribution is -2.33. The van der Waals surface area contributed by atoms with E-state index in [0.717, 1.165) is 0 Å². The van der Waals surface area contributed by atoms with Crippen molar-refractivity contribution in [1.82, 2.24) is 10.2 Å². The standard InChI is InChI=1S/C17H20FN3O5/c1-10(22)19-7-13-9-21(17(25)26-13)12-2-3-14(15(18)6-12)11-4-5-20(8-11)16(23)24/h2-3,6,11,13H,4-5,7-9H2,1H3,(H,19,22)(H,23,24)/t11?,13-/m0/s1. The zero-order valence-electron chi connectivity index (χ0n) is 14.3. The van der Waals surface area contributed by atoms with Crippen molar-refractivity contribution in [3.8, 4) is 0 Å². The van der Waals surface area contributed by atoms with Gasteiger partial charge >= 0.3 is 12.2 Å². The predicted octanol–water partition coefficient (Wildman–Crippen LogP) is 1.75. The number of halogens is 1. The molecule has 2 N–H and O–H groups in total. The molecule has 2 atom stereocenters. The van der Waals surface area contributed by atoms with Crippen molar-refractivity contribution in [2.75, 3.05) is 31.1 Å². The molecule has 0 aliphatic carbocycles. The number of nitrogens with zero attached hydrogens (tertiary/aromatic N) is 2. The fourth-order valence-electron chi connectivity index (χ4n) is 3.30. The van der Waals surface area contributed by atoms with Crippen LogP contribution in [0.2, 0.25) is 0 Å². The average molecular weight is 365 g/mol. The van der Waals surface area contributed by atoms with E-state index < -0.39 is 24.1 Å². The lowest BCUT2D eigenvalue weighted by Gasteiger charge is -2.17. The summed E-state index contributed by atoms with van der Waals surface area (Å²) in [5, 5.41) is 11.6. The summed E-state index contributed by atoms with van der Waals surface area (Å²) in [5.74, 6) is -0.891. The Morgan fingerprint density at radius 1 is 1.38 bits per heavy atom. The van der Waals surface area contributed by atoms with E-state index >= 15 is 0 Å².